The molecule has 1 amide bonds. The van der Waals surface area contributed by atoms with E-state index < -0.39 is 23.6 Å². The molecule has 0 aliphatic carbocycles. The molecule has 1 heterocycles. The molecule has 18 heavy (non-hydrogen) atoms. The number of rotatable bonds is 2. The molecule has 1 fully saturated rings. The maximum atomic E-state index is 11.9. The molecule has 0 saturated carbocycles. The number of likely N-dealkylation sites (tertiary alicyclic amines) is 1. The van der Waals surface area contributed by atoms with Crippen LogP contribution in [-0.2, 0) is 4.74 Å². The highest BCUT2D eigenvalue weighted by atomic mass is 16.6. The van der Waals surface area contributed by atoms with E-state index in [0.29, 0.717) is 19.4 Å². The summed E-state index contributed by atoms with van der Waals surface area (Å²) in [7, 11) is 0. The average Bonchev–Trinajstić information content (AvgIpc) is 2.27. The molecule has 0 spiro atoms. The zero-order valence-electron chi connectivity index (χ0n) is 12.3. The van der Waals surface area contributed by atoms with Crippen LogP contribution in [0.1, 0.15) is 41.4 Å². The molecule has 1 saturated heterocycles. The topological polar surface area (TPSA) is 73.6 Å². The Bertz CT molecular complexity index is 375. The van der Waals surface area contributed by atoms with Gasteiger partial charge in [-0.3, -0.25) is 0 Å². The van der Waals surface area contributed by atoms with Gasteiger partial charge in [0.15, 0.2) is 0 Å². The van der Waals surface area contributed by atoms with Crippen LogP contribution in [0.2, 0.25) is 0 Å². The van der Waals surface area contributed by atoms with Crippen LogP contribution < -0.4 is 0 Å². The third-order valence-corrected chi connectivity index (χ3v) is 3.05. The maximum absolute atomic E-state index is 11.9. The van der Waals surface area contributed by atoms with E-state index in [1.54, 1.807) is 20.8 Å². The second-order valence-corrected chi connectivity index (χ2v) is 5.80. The lowest BCUT2D eigenvalue weighted by Gasteiger charge is -2.39. The second-order valence-electron chi connectivity index (χ2n) is 5.80. The Labute approximate surface area is 110 Å². The molecular weight excluding hydrogens is 232 g/mol. The standard InChI is InChI=1S/C13H22N2O3/c1-12(2,3)18-11(17)15-8-5-13(10-16,4-7-14)6-9-15/h16H,4-6,8-10H2,1-3H3/i8T. The van der Waals surface area contributed by atoms with Crippen molar-refractivity contribution in [3.05, 3.63) is 0 Å². The molecule has 5 heteroatoms. The number of aliphatic hydroxyl groups excluding tert-OH is 1. The van der Waals surface area contributed by atoms with Crippen molar-refractivity contribution in [3.8, 4) is 6.07 Å². The van der Waals surface area contributed by atoms with E-state index in [2.05, 4.69) is 6.07 Å². The van der Waals surface area contributed by atoms with Crippen molar-refractivity contribution in [3.63, 3.8) is 0 Å². The fraction of sp³-hybridized carbons (Fsp3) is 0.846. The van der Waals surface area contributed by atoms with Crippen molar-refractivity contribution in [2.45, 2.75) is 45.6 Å². The van der Waals surface area contributed by atoms with E-state index in [1.165, 1.54) is 4.90 Å². The average molecular weight is 256 g/mol. The normalized spacial score (nSPS) is 29.4. The summed E-state index contributed by atoms with van der Waals surface area (Å²) in [6.07, 6.45) is 0.527. The quantitative estimate of drug-likeness (QED) is 0.819. The highest BCUT2D eigenvalue weighted by molar-refractivity contribution is 5.68. The van der Waals surface area contributed by atoms with Crippen molar-refractivity contribution in [2.75, 3.05) is 19.7 Å². The number of carbonyl (C=O) groups excluding carboxylic acids is 1. The zero-order chi connectivity index (χ0) is 14.7. The van der Waals surface area contributed by atoms with E-state index in [9.17, 15) is 9.90 Å². The number of piperidine rings is 1. The van der Waals surface area contributed by atoms with Crippen LogP contribution >= 0.6 is 0 Å². The smallest absolute Gasteiger partial charge is 0.410 e. The van der Waals surface area contributed by atoms with E-state index >= 15 is 0 Å². The van der Waals surface area contributed by atoms with Crippen LogP contribution in [-0.4, -0.2) is 41.4 Å². The lowest BCUT2D eigenvalue weighted by atomic mass is 9.77. The molecule has 0 aromatic carbocycles. The number of hydrogen-bond donors (Lipinski definition) is 1. The summed E-state index contributed by atoms with van der Waals surface area (Å²) in [6.45, 7) is 4.78. The molecule has 0 bridgehead atoms. The summed E-state index contributed by atoms with van der Waals surface area (Å²) in [5, 5.41) is 18.2. The van der Waals surface area contributed by atoms with Gasteiger partial charge in [-0.2, -0.15) is 5.26 Å². The summed E-state index contributed by atoms with van der Waals surface area (Å²) < 4.78 is 13.3. The van der Waals surface area contributed by atoms with Gasteiger partial charge < -0.3 is 14.7 Å². The Hall–Kier alpha value is -1.28. The predicted octanol–water partition coefficient (Wildman–Crippen LogP) is 1.91. The lowest BCUT2D eigenvalue weighted by molar-refractivity contribution is 0.000831. The minimum atomic E-state index is -0.774. The molecular formula is C13H22N2O3. The van der Waals surface area contributed by atoms with Crippen LogP contribution in [0.4, 0.5) is 4.79 Å². The number of aliphatic hydroxyl groups is 1. The second kappa shape index (κ2) is 5.57. The summed E-state index contributed by atoms with van der Waals surface area (Å²) >= 11 is 0. The van der Waals surface area contributed by atoms with Crippen LogP contribution in [0.3, 0.4) is 0 Å². The summed E-state index contributed by atoms with van der Waals surface area (Å²) in [4.78, 5) is 13.3. The highest BCUT2D eigenvalue weighted by Crippen LogP contribution is 2.34. The number of nitrogens with zero attached hydrogens (tertiary/aromatic N) is 2. The van der Waals surface area contributed by atoms with Crippen molar-refractivity contribution >= 4 is 6.09 Å². The van der Waals surface area contributed by atoms with Crippen molar-refractivity contribution < 1.29 is 16.0 Å². The van der Waals surface area contributed by atoms with E-state index in [1.807, 2.05) is 0 Å². The van der Waals surface area contributed by atoms with E-state index in [0.717, 1.165) is 0 Å². The minimum absolute atomic E-state index is 0.127. The fourth-order valence-electron chi connectivity index (χ4n) is 1.87. The van der Waals surface area contributed by atoms with Gasteiger partial charge in [-0.15, -0.1) is 0 Å². The molecule has 0 aromatic rings. The lowest BCUT2D eigenvalue weighted by Crippen LogP contribution is -2.46. The molecule has 1 aliphatic rings. The van der Waals surface area contributed by atoms with Crippen LogP contribution in [0, 0.1) is 16.7 Å². The first-order valence-corrected chi connectivity index (χ1v) is 6.13. The first-order chi connectivity index (χ1) is 8.73. The van der Waals surface area contributed by atoms with E-state index in [-0.39, 0.29) is 13.0 Å². The number of hydrogen-bond acceptors (Lipinski definition) is 4. The highest BCUT2D eigenvalue weighted by Gasteiger charge is 2.36. The SMILES string of the molecule is [3H]C1CC(CO)(CC#N)CCN1C(=O)OC(C)(C)C. The van der Waals surface area contributed by atoms with Gasteiger partial charge >= 0.3 is 6.09 Å². The van der Waals surface area contributed by atoms with Gasteiger partial charge in [0.25, 0.3) is 0 Å². The van der Waals surface area contributed by atoms with Gasteiger partial charge in [0.2, 0.25) is 0 Å². The molecule has 102 valence electrons. The molecule has 0 aromatic heterocycles. The van der Waals surface area contributed by atoms with Crippen molar-refractivity contribution in [2.24, 2.45) is 5.41 Å². The van der Waals surface area contributed by atoms with Gasteiger partial charge in [0.1, 0.15) is 5.60 Å². The monoisotopic (exact) mass is 256 g/mol. The van der Waals surface area contributed by atoms with Crippen molar-refractivity contribution in [1.29, 1.82) is 5.26 Å². The zero-order valence-corrected chi connectivity index (χ0v) is 11.3. The van der Waals surface area contributed by atoms with Crippen molar-refractivity contribution in [1.82, 2.24) is 4.90 Å². The van der Waals surface area contributed by atoms with Gasteiger partial charge in [-0.05, 0) is 33.6 Å². The van der Waals surface area contributed by atoms with Crippen LogP contribution in [0.25, 0.3) is 0 Å². The Morgan fingerprint density at radius 2 is 2.28 bits per heavy atom. The molecule has 2 unspecified atom stereocenters. The molecule has 5 nitrogen and oxygen atoms in total. The summed E-state index contributed by atoms with van der Waals surface area (Å²) in [5.41, 5.74) is -1.14. The Kier molecular flexibility index (Phi) is 4.07. The van der Waals surface area contributed by atoms with Gasteiger partial charge in [-0.1, -0.05) is 0 Å². The molecule has 1 aliphatic heterocycles. The molecule has 1 N–H and O–H groups in total. The number of nitriles is 1. The first kappa shape index (κ1) is 13.2. The first-order valence-electron chi connectivity index (χ1n) is 6.70. The molecule has 1 rings (SSSR count). The summed E-state index contributed by atoms with van der Waals surface area (Å²) in [6, 6.07) is 2.05. The van der Waals surface area contributed by atoms with Crippen LogP contribution in [0.15, 0.2) is 0 Å². The van der Waals surface area contributed by atoms with E-state index in [4.69, 9.17) is 11.4 Å². The van der Waals surface area contributed by atoms with Crippen LogP contribution in [0.5, 0.6) is 0 Å². The maximum Gasteiger partial charge on any atom is 0.410 e. The number of carbonyl (C=O) groups is 1. The minimum Gasteiger partial charge on any atom is -0.444 e. The summed E-state index contributed by atoms with van der Waals surface area (Å²) in [5.74, 6) is 0. The fourth-order valence-corrected chi connectivity index (χ4v) is 1.87. The Morgan fingerprint density at radius 3 is 2.72 bits per heavy atom. The number of amides is 1. The van der Waals surface area contributed by atoms with Gasteiger partial charge in [0.05, 0.1) is 6.07 Å². The third-order valence-electron chi connectivity index (χ3n) is 3.05. The number of ether oxygens (including phenoxy) is 1. The Balaban J connectivity index is 2.69. The third kappa shape index (κ3) is 3.88. The largest absolute Gasteiger partial charge is 0.444 e. The van der Waals surface area contributed by atoms with Gasteiger partial charge in [0, 0.05) is 32.9 Å². The Morgan fingerprint density at radius 1 is 1.61 bits per heavy atom. The molecule has 2 atom stereocenters. The van der Waals surface area contributed by atoms with Gasteiger partial charge in [-0.25, -0.2) is 4.79 Å². The predicted molar refractivity (Wildman–Crippen MR) is 66.8 cm³/mol. The molecule has 0 radical (unpaired) electrons.